The van der Waals surface area contributed by atoms with Crippen molar-refractivity contribution in [1.82, 2.24) is 25.5 Å². The van der Waals surface area contributed by atoms with Gasteiger partial charge in [-0.15, -0.1) is 10.2 Å². The first-order valence-corrected chi connectivity index (χ1v) is 10.1. The van der Waals surface area contributed by atoms with Gasteiger partial charge >= 0.3 is 0 Å². The van der Waals surface area contributed by atoms with Crippen molar-refractivity contribution in [3.8, 4) is 11.4 Å². The van der Waals surface area contributed by atoms with Crippen LogP contribution in [0.15, 0.2) is 41.1 Å². The summed E-state index contributed by atoms with van der Waals surface area (Å²) in [6.45, 7) is 8.59. The summed E-state index contributed by atoms with van der Waals surface area (Å²) in [5, 5.41) is 19.3. The minimum Gasteiger partial charge on any atom is -0.347 e. The lowest BCUT2D eigenvalue weighted by molar-refractivity contribution is -0.123. The second kappa shape index (κ2) is 8.43. The monoisotopic (exact) mass is 383 g/mol. The number of rotatable bonds is 7. The van der Waals surface area contributed by atoms with Crippen LogP contribution in [0.2, 0.25) is 0 Å². The molecule has 0 unspecified atom stereocenters. The lowest BCUT2D eigenvalue weighted by Gasteiger charge is -2.23. The summed E-state index contributed by atoms with van der Waals surface area (Å²) in [5.41, 5.74) is 3.31. The van der Waals surface area contributed by atoms with E-state index in [2.05, 4.69) is 72.7 Å². The van der Waals surface area contributed by atoms with Gasteiger partial charge in [-0.2, -0.15) is 16.1 Å². The molecule has 0 spiro atoms. The maximum atomic E-state index is 12.5. The molecule has 1 atom stereocenters. The molecule has 7 heteroatoms. The largest absolute Gasteiger partial charge is 0.347 e. The maximum absolute atomic E-state index is 12.5. The highest BCUT2D eigenvalue weighted by Gasteiger charge is 2.19. The van der Waals surface area contributed by atoms with Crippen molar-refractivity contribution in [2.24, 2.45) is 5.92 Å². The van der Waals surface area contributed by atoms with Gasteiger partial charge in [-0.25, -0.2) is 0 Å². The molecule has 3 aromatic rings. The highest BCUT2D eigenvalue weighted by Crippen LogP contribution is 2.24. The Hall–Kier alpha value is -2.54. The molecule has 0 fully saturated rings. The fourth-order valence-corrected chi connectivity index (χ4v) is 3.52. The van der Waals surface area contributed by atoms with E-state index in [-0.39, 0.29) is 24.4 Å². The molecular weight excluding hydrogens is 358 g/mol. The van der Waals surface area contributed by atoms with Crippen LogP contribution >= 0.6 is 11.3 Å². The molecule has 0 saturated heterocycles. The van der Waals surface area contributed by atoms with Gasteiger partial charge in [0.25, 0.3) is 0 Å². The van der Waals surface area contributed by atoms with Crippen molar-refractivity contribution in [3.05, 3.63) is 52.2 Å². The molecule has 27 heavy (non-hydrogen) atoms. The number of carbonyl (C=O) groups is 1. The van der Waals surface area contributed by atoms with E-state index in [4.69, 9.17) is 0 Å². The minimum absolute atomic E-state index is 0.0461. The summed E-state index contributed by atoms with van der Waals surface area (Å²) < 4.78 is 0. The third kappa shape index (κ3) is 4.80. The van der Waals surface area contributed by atoms with Crippen LogP contribution < -0.4 is 5.32 Å². The van der Waals surface area contributed by atoms with E-state index >= 15 is 0 Å². The van der Waals surface area contributed by atoms with Gasteiger partial charge in [0.05, 0.1) is 6.04 Å². The predicted molar refractivity (Wildman–Crippen MR) is 107 cm³/mol. The van der Waals surface area contributed by atoms with Gasteiger partial charge in [-0.3, -0.25) is 4.79 Å². The van der Waals surface area contributed by atoms with Crippen molar-refractivity contribution in [2.75, 3.05) is 0 Å². The van der Waals surface area contributed by atoms with Gasteiger partial charge in [0.1, 0.15) is 6.54 Å². The number of hydrogen-bond acceptors (Lipinski definition) is 5. The van der Waals surface area contributed by atoms with E-state index in [1.165, 1.54) is 10.4 Å². The molecule has 0 bridgehead atoms. The zero-order chi connectivity index (χ0) is 19.4. The number of benzene rings is 1. The Morgan fingerprint density at radius 3 is 2.41 bits per heavy atom. The number of nitrogens with zero attached hydrogens (tertiary/aromatic N) is 4. The fraction of sp³-hybridized carbons (Fsp3) is 0.400. The average molecular weight is 384 g/mol. The van der Waals surface area contributed by atoms with Gasteiger partial charge < -0.3 is 5.32 Å². The van der Waals surface area contributed by atoms with Crippen LogP contribution in [-0.4, -0.2) is 26.1 Å². The molecule has 0 aliphatic carbocycles. The van der Waals surface area contributed by atoms with E-state index < -0.39 is 0 Å². The van der Waals surface area contributed by atoms with Crippen LogP contribution in [-0.2, 0) is 11.3 Å². The molecule has 142 valence electrons. The molecule has 0 aliphatic rings. The van der Waals surface area contributed by atoms with E-state index in [1.54, 1.807) is 11.3 Å². The first-order chi connectivity index (χ1) is 12.9. The number of hydrogen-bond donors (Lipinski definition) is 1. The number of thiophene rings is 1. The van der Waals surface area contributed by atoms with Gasteiger partial charge in [0, 0.05) is 10.9 Å². The SMILES string of the molecule is CC(C)c1ccc([C@@H](NC(=O)Cn2nnc(-c3ccsc3)n2)C(C)C)cc1. The number of nitrogens with one attached hydrogen (secondary N) is 1. The molecule has 1 amide bonds. The molecule has 2 aromatic heterocycles. The van der Waals surface area contributed by atoms with Crippen molar-refractivity contribution < 1.29 is 4.79 Å². The van der Waals surface area contributed by atoms with Crippen LogP contribution in [0.25, 0.3) is 11.4 Å². The van der Waals surface area contributed by atoms with Crippen LogP contribution in [0.5, 0.6) is 0 Å². The highest BCUT2D eigenvalue weighted by molar-refractivity contribution is 7.08. The van der Waals surface area contributed by atoms with E-state index in [0.29, 0.717) is 11.7 Å². The Kier molecular flexibility index (Phi) is 6.01. The first-order valence-electron chi connectivity index (χ1n) is 9.13. The number of tetrazole rings is 1. The molecule has 1 aromatic carbocycles. The van der Waals surface area contributed by atoms with Crippen LogP contribution in [0.3, 0.4) is 0 Å². The highest BCUT2D eigenvalue weighted by atomic mass is 32.1. The molecule has 1 N–H and O–H groups in total. The van der Waals surface area contributed by atoms with Crippen molar-refractivity contribution in [3.63, 3.8) is 0 Å². The Morgan fingerprint density at radius 1 is 1.11 bits per heavy atom. The first kappa shape index (κ1) is 19.2. The van der Waals surface area contributed by atoms with Crippen LogP contribution in [0, 0.1) is 5.92 Å². The smallest absolute Gasteiger partial charge is 0.244 e. The Bertz CT molecular complexity index is 868. The molecule has 2 heterocycles. The number of amides is 1. The van der Waals surface area contributed by atoms with Crippen molar-refractivity contribution in [2.45, 2.75) is 46.2 Å². The minimum atomic E-state index is -0.129. The molecular formula is C20H25N5OS. The lowest BCUT2D eigenvalue weighted by atomic mass is 9.93. The number of aromatic nitrogens is 4. The fourth-order valence-electron chi connectivity index (χ4n) is 2.89. The second-order valence-electron chi connectivity index (χ2n) is 7.27. The zero-order valence-corrected chi connectivity index (χ0v) is 16.9. The van der Waals surface area contributed by atoms with Gasteiger partial charge in [0.2, 0.25) is 11.7 Å². The molecule has 0 aliphatic heterocycles. The predicted octanol–water partition coefficient (Wildman–Crippen LogP) is 4.04. The van der Waals surface area contributed by atoms with Crippen LogP contribution in [0.4, 0.5) is 0 Å². The standard InChI is InChI=1S/C20H25N5OS/c1-13(2)15-5-7-16(8-6-15)19(14(3)4)21-18(26)11-25-23-20(22-24-25)17-9-10-27-12-17/h5-10,12-14,19H,11H2,1-4H3,(H,21,26)/t19-/m0/s1. The Morgan fingerprint density at radius 2 is 1.81 bits per heavy atom. The van der Waals surface area contributed by atoms with Gasteiger partial charge in [-0.05, 0) is 39.6 Å². The molecule has 6 nitrogen and oxygen atoms in total. The molecule has 0 saturated carbocycles. The van der Waals surface area contributed by atoms with Crippen molar-refractivity contribution >= 4 is 17.2 Å². The van der Waals surface area contributed by atoms with Gasteiger partial charge in [-0.1, -0.05) is 52.0 Å². The van der Waals surface area contributed by atoms with E-state index in [9.17, 15) is 4.79 Å². The summed E-state index contributed by atoms with van der Waals surface area (Å²) in [6.07, 6.45) is 0. The third-order valence-electron chi connectivity index (χ3n) is 4.46. The molecule has 3 rings (SSSR count). The summed E-state index contributed by atoms with van der Waals surface area (Å²) in [6, 6.07) is 10.3. The van der Waals surface area contributed by atoms with Crippen molar-refractivity contribution in [1.29, 1.82) is 0 Å². The maximum Gasteiger partial charge on any atom is 0.244 e. The summed E-state index contributed by atoms with van der Waals surface area (Å²) >= 11 is 1.57. The Balaban J connectivity index is 1.67. The molecule has 0 radical (unpaired) electrons. The summed E-state index contributed by atoms with van der Waals surface area (Å²) in [5.74, 6) is 1.16. The summed E-state index contributed by atoms with van der Waals surface area (Å²) in [7, 11) is 0. The van der Waals surface area contributed by atoms with E-state index in [1.807, 2.05) is 16.8 Å². The quantitative estimate of drug-likeness (QED) is 0.668. The van der Waals surface area contributed by atoms with Crippen LogP contribution in [0.1, 0.15) is 50.8 Å². The second-order valence-corrected chi connectivity index (χ2v) is 8.05. The Labute approximate surface area is 163 Å². The summed E-state index contributed by atoms with van der Waals surface area (Å²) in [4.78, 5) is 13.9. The third-order valence-corrected chi connectivity index (χ3v) is 5.15. The lowest BCUT2D eigenvalue weighted by Crippen LogP contribution is -2.34. The normalized spacial score (nSPS) is 12.5. The van der Waals surface area contributed by atoms with E-state index in [0.717, 1.165) is 11.1 Å². The topological polar surface area (TPSA) is 72.7 Å². The number of carbonyl (C=O) groups excluding carboxylic acids is 1. The average Bonchev–Trinajstić information content (AvgIpc) is 3.31. The van der Waals surface area contributed by atoms with Gasteiger partial charge in [0.15, 0.2) is 0 Å². The zero-order valence-electron chi connectivity index (χ0n) is 16.1.